The van der Waals surface area contributed by atoms with Crippen LogP contribution in [0, 0.1) is 0 Å². The summed E-state index contributed by atoms with van der Waals surface area (Å²) >= 11 is 0. The fourth-order valence-electron chi connectivity index (χ4n) is 2.90. The number of benzene rings is 2. The molecule has 0 saturated heterocycles. The first-order valence-corrected chi connectivity index (χ1v) is 9.65. The summed E-state index contributed by atoms with van der Waals surface area (Å²) in [5, 5.41) is 0. The van der Waals surface area contributed by atoms with Gasteiger partial charge in [-0.15, -0.1) is 0 Å². The Kier molecular flexibility index (Phi) is 6.36. The summed E-state index contributed by atoms with van der Waals surface area (Å²) in [6.45, 7) is 7.51. The van der Waals surface area contributed by atoms with E-state index in [0.29, 0.717) is 49.2 Å². The highest BCUT2D eigenvalue weighted by Crippen LogP contribution is 2.38. The van der Waals surface area contributed by atoms with Gasteiger partial charge in [0.15, 0.2) is 11.5 Å². The van der Waals surface area contributed by atoms with E-state index in [1.165, 1.54) is 0 Å². The molecular weight excluding hydrogens is 372 g/mol. The summed E-state index contributed by atoms with van der Waals surface area (Å²) in [4.78, 5) is 14.3. The number of nitrogens with two attached hydrogens (primary N) is 1. The lowest BCUT2D eigenvalue weighted by Crippen LogP contribution is -2.38. The number of hydrogen-bond acceptors (Lipinski definition) is 6. The van der Waals surface area contributed by atoms with Crippen LogP contribution in [-0.2, 0) is 11.3 Å². The van der Waals surface area contributed by atoms with Crippen molar-refractivity contribution in [2.24, 2.45) is 0 Å². The van der Waals surface area contributed by atoms with Crippen molar-refractivity contribution < 1.29 is 23.7 Å². The lowest BCUT2D eigenvalue weighted by atomic mass is 10.2. The molecule has 2 aromatic rings. The third-order valence-corrected chi connectivity index (χ3v) is 4.13. The lowest BCUT2D eigenvalue weighted by molar-refractivity contribution is 0.0208. The SMILES string of the molecule is CC(C)(C)OC(=O)N(CCOc1cccc2c1OCCO2)Cc1cccc(N)c1. The zero-order valence-electron chi connectivity index (χ0n) is 17.1. The highest BCUT2D eigenvalue weighted by atomic mass is 16.6. The topological polar surface area (TPSA) is 83.2 Å². The number of carbonyl (C=O) groups is 1. The number of nitrogens with zero attached hydrogens (tertiary/aromatic N) is 1. The molecule has 2 N–H and O–H groups in total. The van der Waals surface area contributed by atoms with Crippen LogP contribution in [0.25, 0.3) is 0 Å². The van der Waals surface area contributed by atoms with E-state index in [9.17, 15) is 4.79 Å². The molecule has 0 aromatic heterocycles. The van der Waals surface area contributed by atoms with Crippen LogP contribution in [0.1, 0.15) is 26.3 Å². The monoisotopic (exact) mass is 400 g/mol. The normalized spacial score (nSPS) is 12.9. The molecule has 1 aliphatic heterocycles. The molecule has 0 unspecified atom stereocenters. The molecule has 1 heterocycles. The predicted molar refractivity (Wildman–Crippen MR) is 110 cm³/mol. The number of amides is 1. The maximum absolute atomic E-state index is 12.7. The minimum absolute atomic E-state index is 0.279. The molecule has 0 bridgehead atoms. The van der Waals surface area contributed by atoms with E-state index in [-0.39, 0.29) is 6.61 Å². The first-order chi connectivity index (χ1) is 13.8. The van der Waals surface area contributed by atoms with Crippen LogP contribution in [0.4, 0.5) is 10.5 Å². The molecule has 0 atom stereocenters. The van der Waals surface area contributed by atoms with Crippen molar-refractivity contribution in [1.29, 1.82) is 0 Å². The zero-order chi connectivity index (χ0) is 20.9. The molecule has 1 amide bonds. The zero-order valence-corrected chi connectivity index (χ0v) is 17.1. The second-order valence-corrected chi connectivity index (χ2v) is 7.78. The van der Waals surface area contributed by atoms with Gasteiger partial charge in [0.2, 0.25) is 5.75 Å². The van der Waals surface area contributed by atoms with Gasteiger partial charge in [0.25, 0.3) is 0 Å². The van der Waals surface area contributed by atoms with E-state index in [2.05, 4.69) is 0 Å². The summed E-state index contributed by atoms with van der Waals surface area (Å²) in [6.07, 6.45) is -0.404. The Balaban J connectivity index is 1.67. The summed E-state index contributed by atoms with van der Waals surface area (Å²) in [5.41, 5.74) is 6.85. The van der Waals surface area contributed by atoms with Gasteiger partial charge in [-0.2, -0.15) is 0 Å². The number of carbonyl (C=O) groups excluding carboxylic acids is 1. The molecule has 7 nitrogen and oxygen atoms in total. The molecule has 3 rings (SSSR count). The number of rotatable bonds is 6. The smallest absolute Gasteiger partial charge is 0.410 e. The number of ether oxygens (including phenoxy) is 4. The minimum Gasteiger partial charge on any atom is -0.488 e. The Morgan fingerprint density at radius 1 is 1.14 bits per heavy atom. The van der Waals surface area contributed by atoms with Gasteiger partial charge in [0.05, 0.1) is 6.54 Å². The van der Waals surface area contributed by atoms with Gasteiger partial charge < -0.3 is 29.6 Å². The fourth-order valence-corrected chi connectivity index (χ4v) is 2.90. The van der Waals surface area contributed by atoms with Gasteiger partial charge in [0, 0.05) is 12.2 Å². The summed E-state index contributed by atoms with van der Waals surface area (Å²) in [7, 11) is 0. The van der Waals surface area contributed by atoms with Crippen LogP contribution in [0.15, 0.2) is 42.5 Å². The average Bonchev–Trinajstić information content (AvgIpc) is 2.66. The van der Waals surface area contributed by atoms with Crippen LogP contribution in [0.5, 0.6) is 17.2 Å². The quantitative estimate of drug-likeness (QED) is 0.742. The minimum atomic E-state index is -0.588. The van der Waals surface area contributed by atoms with Crippen LogP contribution >= 0.6 is 0 Å². The van der Waals surface area contributed by atoms with Crippen LogP contribution in [-0.4, -0.2) is 43.0 Å². The molecule has 7 heteroatoms. The second kappa shape index (κ2) is 8.94. The van der Waals surface area contributed by atoms with Crippen LogP contribution in [0.2, 0.25) is 0 Å². The summed E-state index contributed by atoms with van der Waals surface area (Å²) in [6, 6.07) is 13.0. The molecule has 0 spiro atoms. The average molecular weight is 400 g/mol. The molecule has 0 radical (unpaired) electrons. The summed E-state index contributed by atoms with van der Waals surface area (Å²) < 4.78 is 22.7. The van der Waals surface area contributed by atoms with E-state index in [0.717, 1.165) is 5.56 Å². The molecule has 0 aliphatic carbocycles. The van der Waals surface area contributed by atoms with E-state index in [1.54, 1.807) is 4.90 Å². The third kappa shape index (κ3) is 5.94. The third-order valence-electron chi connectivity index (χ3n) is 4.13. The maximum Gasteiger partial charge on any atom is 0.410 e. The van der Waals surface area contributed by atoms with E-state index < -0.39 is 11.7 Å². The largest absolute Gasteiger partial charge is 0.488 e. The number of hydrogen-bond donors (Lipinski definition) is 1. The standard InChI is InChI=1S/C22H28N2O5/c1-22(2,3)29-21(25)24(15-16-6-4-7-17(23)14-16)10-11-26-18-8-5-9-19-20(18)28-13-12-27-19/h4-9,14H,10-13,15,23H2,1-3H3. The highest BCUT2D eigenvalue weighted by molar-refractivity contribution is 5.68. The van der Waals surface area contributed by atoms with E-state index >= 15 is 0 Å². The Bertz CT molecular complexity index is 847. The van der Waals surface area contributed by atoms with Gasteiger partial charge in [0.1, 0.15) is 25.4 Å². The van der Waals surface area contributed by atoms with Gasteiger partial charge in [-0.1, -0.05) is 18.2 Å². The van der Waals surface area contributed by atoms with Crippen molar-refractivity contribution in [2.45, 2.75) is 32.9 Å². The van der Waals surface area contributed by atoms with Crippen molar-refractivity contribution in [2.75, 3.05) is 32.1 Å². The number of para-hydroxylation sites is 1. The fraction of sp³-hybridized carbons (Fsp3) is 0.409. The number of fused-ring (bicyclic) bond motifs is 1. The van der Waals surface area contributed by atoms with Crippen LogP contribution in [0.3, 0.4) is 0 Å². The summed E-state index contributed by atoms with van der Waals surface area (Å²) in [5.74, 6) is 1.85. The Hall–Kier alpha value is -3.09. The Morgan fingerprint density at radius 2 is 1.90 bits per heavy atom. The molecule has 1 aliphatic rings. The molecule has 29 heavy (non-hydrogen) atoms. The number of nitrogen functional groups attached to an aromatic ring is 1. The second-order valence-electron chi connectivity index (χ2n) is 7.78. The first kappa shape index (κ1) is 20.6. The lowest BCUT2D eigenvalue weighted by Gasteiger charge is -2.28. The first-order valence-electron chi connectivity index (χ1n) is 9.65. The molecule has 156 valence electrons. The van der Waals surface area contributed by atoms with Crippen molar-refractivity contribution in [3.8, 4) is 17.2 Å². The van der Waals surface area contributed by atoms with E-state index in [1.807, 2.05) is 63.2 Å². The molecule has 2 aromatic carbocycles. The van der Waals surface area contributed by atoms with Gasteiger partial charge in [-0.05, 0) is 50.6 Å². The van der Waals surface area contributed by atoms with Crippen molar-refractivity contribution in [3.05, 3.63) is 48.0 Å². The predicted octanol–water partition coefficient (Wildman–Crippen LogP) is 3.86. The molecular formula is C22H28N2O5. The van der Waals surface area contributed by atoms with E-state index in [4.69, 9.17) is 24.7 Å². The number of anilines is 1. The Labute approximate surface area is 171 Å². The van der Waals surface area contributed by atoms with Gasteiger partial charge >= 0.3 is 6.09 Å². The van der Waals surface area contributed by atoms with Crippen molar-refractivity contribution >= 4 is 11.8 Å². The Morgan fingerprint density at radius 3 is 2.66 bits per heavy atom. The van der Waals surface area contributed by atoms with Crippen molar-refractivity contribution in [1.82, 2.24) is 4.90 Å². The maximum atomic E-state index is 12.7. The molecule has 0 saturated carbocycles. The molecule has 0 fully saturated rings. The van der Waals surface area contributed by atoms with Crippen LogP contribution < -0.4 is 19.9 Å². The van der Waals surface area contributed by atoms with Gasteiger partial charge in [-0.3, -0.25) is 0 Å². The van der Waals surface area contributed by atoms with Gasteiger partial charge in [-0.25, -0.2) is 4.79 Å². The highest BCUT2D eigenvalue weighted by Gasteiger charge is 2.23. The van der Waals surface area contributed by atoms with Crippen molar-refractivity contribution in [3.63, 3.8) is 0 Å².